The van der Waals surface area contributed by atoms with E-state index in [2.05, 4.69) is 5.32 Å². The van der Waals surface area contributed by atoms with Crippen molar-refractivity contribution in [3.05, 3.63) is 34.9 Å². The minimum Gasteiger partial charge on any atom is -0.392 e. The molecule has 2 N–H and O–H groups in total. The first-order chi connectivity index (χ1) is 8.81. The summed E-state index contributed by atoms with van der Waals surface area (Å²) in [6.45, 7) is 7.72. The van der Waals surface area contributed by atoms with Crippen molar-refractivity contribution < 1.29 is 13.9 Å². The Balaban J connectivity index is 2.63. The molecule has 0 saturated carbocycles. The molecule has 1 aromatic rings. The minimum absolute atomic E-state index is 0.292. The molecule has 0 aliphatic carbocycles. The molecule has 0 aliphatic heterocycles. The molecule has 0 aliphatic rings. The maximum atomic E-state index is 13.7. The molecule has 4 heteroatoms. The SMILES string of the molecule is Cc1cc(F)c(C(C)NCC(O)CC(C)C)cc1F. The van der Waals surface area contributed by atoms with Crippen LogP contribution in [0.15, 0.2) is 12.1 Å². The fourth-order valence-electron chi connectivity index (χ4n) is 2.04. The molecule has 0 radical (unpaired) electrons. The van der Waals surface area contributed by atoms with Crippen LogP contribution >= 0.6 is 0 Å². The number of aliphatic hydroxyl groups excluding tert-OH is 1. The van der Waals surface area contributed by atoms with Crippen LogP contribution in [0.25, 0.3) is 0 Å². The van der Waals surface area contributed by atoms with Gasteiger partial charge < -0.3 is 10.4 Å². The summed E-state index contributed by atoms with van der Waals surface area (Å²) >= 11 is 0. The summed E-state index contributed by atoms with van der Waals surface area (Å²) in [4.78, 5) is 0. The van der Waals surface area contributed by atoms with Crippen LogP contribution < -0.4 is 5.32 Å². The highest BCUT2D eigenvalue weighted by atomic mass is 19.1. The molecule has 2 nitrogen and oxygen atoms in total. The Morgan fingerprint density at radius 1 is 1.16 bits per heavy atom. The molecular formula is C15H23F2NO. The number of rotatable bonds is 6. The average molecular weight is 271 g/mol. The van der Waals surface area contributed by atoms with Gasteiger partial charge in [-0.1, -0.05) is 13.8 Å². The average Bonchev–Trinajstić information content (AvgIpc) is 2.30. The molecule has 1 rings (SSSR count). The zero-order valence-electron chi connectivity index (χ0n) is 12.0. The van der Waals surface area contributed by atoms with Crippen molar-refractivity contribution >= 4 is 0 Å². The lowest BCUT2D eigenvalue weighted by Crippen LogP contribution is -2.30. The summed E-state index contributed by atoms with van der Waals surface area (Å²) < 4.78 is 27.2. The summed E-state index contributed by atoms with van der Waals surface area (Å²) in [7, 11) is 0. The topological polar surface area (TPSA) is 32.3 Å². The highest BCUT2D eigenvalue weighted by Gasteiger charge is 2.15. The predicted octanol–water partition coefficient (Wildman–Crippen LogP) is 3.33. The van der Waals surface area contributed by atoms with Crippen molar-refractivity contribution in [1.29, 1.82) is 0 Å². The molecule has 2 unspecified atom stereocenters. The fraction of sp³-hybridized carbons (Fsp3) is 0.600. The van der Waals surface area contributed by atoms with Crippen LogP contribution in [0.4, 0.5) is 8.78 Å². The number of aryl methyl sites for hydroxylation is 1. The second kappa shape index (κ2) is 6.96. The molecule has 108 valence electrons. The molecule has 0 fully saturated rings. The van der Waals surface area contributed by atoms with Crippen molar-refractivity contribution in [2.75, 3.05) is 6.54 Å². The second-order valence-electron chi connectivity index (χ2n) is 5.54. The third-order valence-electron chi connectivity index (χ3n) is 3.15. The molecule has 0 amide bonds. The molecule has 19 heavy (non-hydrogen) atoms. The quantitative estimate of drug-likeness (QED) is 0.831. The predicted molar refractivity (Wildman–Crippen MR) is 73.0 cm³/mol. The minimum atomic E-state index is -0.471. The lowest BCUT2D eigenvalue weighted by molar-refractivity contribution is 0.143. The molecule has 2 atom stereocenters. The van der Waals surface area contributed by atoms with E-state index in [1.165, 1.54) is 19.1 Å². The van der Waals surface area contributed by atoms with Crippen LogP contribution in [0.1, 0.15) is 44.4 Å². The monoisotopic (exact) mass is 271 g/mol. The largest absolute Gasteiger partial charge is 0.392 e. The second-order valence-corrected chi connectivity index (χ2v) is 5.54. The number of aliphatic hydroxyl groups is 1. The van der Waals surface area contributed by atoms with Crippen molar-refractivity contribution in [1.82, 2.24) is 5.32 Å². The van der Waals surface area contributed by atoms with Gasteiger partial charge in [0.2, 0.25) is 0 Å². The van der Waals surface area contributed by atoms with Gasteiger partial charge in [-0.15, -0.1) is 0 Å². The van der Waals surface area contributed by atoms with Crippen LogP contribution in [-0.2, 0) is 0 Å². The lowest BCUT2D eigenvalue weighted by Gasteiger charge is -2.19. The van der Waals surface area contributed by atoms with E-state index >= 15 is 0 Å². The number of halogens is 2. The number of hydrogen-bond donors (Lipinski definition) is 2. The highest BCUT2D eigenvalue weighted by Crippen LogP contribution is 2.20. The van der Waals surface area contributed by atoms with Crippen molar-refractivity contribution in [3.8, 4) is 0 Å². The van der Waals surface area contributed by atoms with Gasteiger partial charge in [0.15, 0.2) is 0 Å². The van der Waals surface area contributed by atoms with E-state index in [0.29, 0.717) is 30.0 Å². The molecule has 0 saturated heterocycles. The fourth-order valence-corrected chi connectivity index (χ4v) is 2.04. The van der Waals surface area contributed by atoms with E-state index in [1.54, 1.807) is 6.92 Å². The van der Waals surface area contributed by atoms with E-state index in [1.807, 2.05) is 13.8 Å². The maximum Gasteiger partial charge on any atom is 0.128 e. The summed E-state index contributed by atoms with van der Waals surface area (Å²) in [6, 6.07) is 2.08. The Morgan fingerprint density at radius 2 is 1.79 bits per heavy atom. The zero-order valence-corrected chi connectivity index (χ0v) is 12.0. The lowest BCUT2D eigenvalue weighted by atomic mass is 10.0. The van der Waals surface area contributed by atoms with Gasteiger partial charge >= 0.3 is 0 Å². The summed E-state index contributed by atoms with van der Waals surface area (Å²) in [6.07, 6.45) is 0.214. The van der Waals surface area contributed by atoms with Crippen LogP contribution in [-0.4, -0.2) is 17.8 Å². The Hall–Kier alpha value is -1.00. The maximum absolute atomic E-state index is 13.7. The van der Waals surface area contributed by atoms with Gasteiger partial charge in [0, 0.05) is 18.2 Å². The number of benzene rings is 1. The van der Waals surface area contributed by atoms with Crippen LogP contribution in [0.5, 0.6) is 0 Å². The normalized spacial score (nSPS) is 14.7. The van der Waals surface area contributed by atoms with Crippen LogP contribution in [0.2, 0.25) is 0 Å². The Morgan fingerprint density at radius 3 is 2.37 bits per heavy atom. The zero-order chi connectivity index (χ0) is 14.6. The van der Waals surface area contributed by atoms with Crippen LogP contribution in [0.3, 0.4) is 0 Å². The van der Waals surface area contributed by atoms with Gasteiger partial charge in [0.1, 0.15) is 11.6 Å². The van der Waals surface area contributed by atoms with Crippen molar-refractivity contribution in [3.63, 3.8) is 0 Å². The van der Waals surface area contributed by atoms with E-state index in [4.69, 9.17) is 0 Å². The molecule has 0 spiro atoms. The van der Waals surface area contributed by atoms with Gasteiger partial charge in [-0.25, -0.2) is 8.78 Å². The number of hydrogen-bond acceptors (Lipinski definition) is 2. The molecular weight excluding hydrogens is 248 g/mol. The van der Waals surface area contributed by atoms with Gasteiger partial charge in [-0.3, -0.25) is 0 Å². The molecule has 0 heterocycles. The molecule has 1 aromatic carbocycles. The highest BCUT2D eigenvalue weighted by molar-refractivity contribution is 5.27. The third kappa shape index (κ3) is 4.88. The van der Waals surface area contributed by atoms with Gasteiger partial charge in [0.05, 0.1) is 6.10 Å². The van der Waals surface area contributed by atoms with Gasteiger partial charge in [-0.2, -0.15) is 0 Å². The van der Waals surface area contributed by atoms with Crippen LogP contribution in [0, 0.1) is 24.5 Å². The van der Waals surface area contributed by atoms with Crippen molar-refractivity contribution in [2.24, 2.45) is 5.92 Å². The van der Waals surface area contributed by atoms with E-state index in [9.17, 15) is 13.9 Å². The molecule has 0 bridgehead atoms. The Bertz CT molecular complexity index is 421. The van der Waals surface area contributed by atoms with Crippen molar-refractivity contribution in [2.45, 2.75) is 46.3 Å². The first-order valence-corrected chi connectivity index (χ1v) is 6.68. The Labute approximate surface area is 113 Å². The third-order valence-corrected chi connectivity index (χ3v) is 3.15. The summed E-state index contributed by atoms with van der Waals surface area (Å²) in [5.41, 5.74) is 0.591. The molecule has 0 aromatic heterocycles. The smallest absolute Gasteiger partial charge is 0.128 e. The summed E-state index contributed by atoms with van der Waals surface area (Å²) in [5.74, 6) is -0.425. The first-order valence-electron chi connectivity index (χ1n) is 6.68. The number of nitrogens with one attached hydrogen (secondary N) is 1. The summed E-state index contributed by atoms with van der Waals surface area (Å²) in [5, 5.41) is 12.8. The first kappa shape index (κ1) is 16.1. The van der Waals surface area contributed by atoms with E-state index in [0.717, 1.165) is 0 Å². The standard InChI is InChI=1S/C15H23F2NO/c1-9(2)5-12(19)8-18-11(4)13-7-14(16)10(3)6-15(13)17/h6-7,9,11-12,18-19H,5,8H2,1-4H3. The van der Waals surface area contributed by atoms with Gasteiger partial charge in [0.25, 0.3) is 0 Å². The Kier molecular flexibility index (Phi) is 5.88. The van der Waals surface area contributed by atoms with E-state index < -0.39 is 17.7 Å². The van der Waals surface area contributed by atoms with Gasteiger partial charge in [-0.05, 0) is 43.9 Å². The van der Waals surface area contributed by atoms with E-state index in [-0.39, 0.29) is 6.04 Å².